The number of likely N-dealkylation sites (tertiary alicyclic amines) is 2. The second kappa shape index (κ2) is 14.7. The van der Waals surface area contributed by atoms with Gasteiger partial charge in [0, 0.05) is 93.5 Å². The van der Waals surface area contributed by atoms with E-state index in [0.717, 1.165) is 82.4 Å². The average molecular weight is 678 g/mol. The van der Waals surface area contributed by atoms with Gasteiger partial charge in [0.1, 0.15) is 11.4 Å². The third kappa shape index (κ3) is 8.38. The van der Waals surface area contributed by atoms with Crippen molar-refractivity contribution in [3.8, 4) is 12.0 Å². The third-order valence-corrected chi connectivity index (χ3v) is 11.0. The summed E-state index contributed by atoms with van der Waals surface area (Å²) < 4.78 is 42.1. The maximum Gasteiger partial charge on any atom is 0.421 e. The fourth-order valence-electron chi connectivity index (χ4n) is 7.82. The van der Waals surface area contributed by atoms with Crippen molar-refractivity contribution in [2.75, 3.05) is 81.5 Å². The van der Waals surface area contributed by atoms with Crippen molar-refractivity contribution in [1.82, 2.24) is 30.0 Å². The SMILES string of the molecule is C=C1CC2C#CNC(CC2)CN1CCCNc1nc(Nc2ccc(N3CCN(C4CCN(C)CC4)CC3)cc2C2CC2)ncc1C(F)(F)F. The lowest BCUT2D eigenvalue weighted by molar-refractivity contribution is -0.137. The van der Waals surface area contributed by atoms with Gasteiger partial charge in [-0.15, -0.1) is 0 Å². The average Bonchev–Trinajstić information content (AvgIpc) is 3.94. The summed E-state index contributed by atoms with van der Waals surface area (Å²) in [6.45, 7) is 12.6. The first kappa shape index (κ1) is 33.8. The highest BCUT2D eigenvalue weighted by molar-refractivity contribution is 5.67. The van der Waals surface area contributed by atoms with Crippen LogP contribution in [-0.4, -0.2) is 103 Å². The number of piperidine rings is 1. The summed E-state index contributed by atoms with van der Waals surface area (Å²) in [6, 6.07) is 10.5. The molecule has 4 fully saturated rings. The highest BCUT2D eigenvalue weighted by atomic mass is 19.4. The maximum absolute atomic E-state index is 14.0. The van der Waals surface area contributed by atoms with Crippen LogP contribution in [0, 0.1) is 17.9 Å². The molecule has 1 aromatic heterocycles. The van der Waals surface area contributed by atoms with E-state index in [1.54, 1.807) is 0 Å². The number of aromatic nitrogens is 2. The minimum absolute atomic E-state index is 0.160. The summed E-state index contributed by atoms with van der Waals surface area (Å²) in [4.78, 5) is 18.3. The molecule has 2 aromatic rings. The molecule has 264 valence electrons. The number of piperazine rings is 1. The van der Waals surface area contributed by atoms with Gasteiger partial charge in [-0.25, -0.2) is 4.98 Å². The Labute approximate surface area is 288 Å². The van der Waals surface area contributed by atoms with Crippen molar-refractivity contribution >= 4 is 23.1 Å². The molecule has 5 heterocycles. The number of benzene rings is 1. The van der Waals surface area contributed by atoms with E-state index in [2.05, 4.69) is 83.2 Å². The molecule has 0 radical (unpaired) electrons. The molecule has 0 spiro atoms. The van der Waals surface area contributed by atoms with Gasteiger partial charge in [-0.3, -0.25) is 4.90 Å². The predicted octanol–water partition coefficient (Wildman–Crippen LogP) is 5.68. The van der Waals surface area contributed by atoms with E-state index in [1.807, 2.05) is 6.07 Å². The van der Waals surface area contributed by atoms with Crippen LogP contribution < -0.4 is 20.9 Å². The van der Waals surface area contributed by atoms with Crippen molar-refractivity contribution in [2.45, 2.75) is 75.5 Å². The maximum atomic E-state index is 14.0. The molecule has 3 N–H and O–H groups in total. The van der Waals surface area contributed by atoms with Crippen LogP contribution >= 0.6 is 0 Å². The fraction of sp³-hybridized carbons (Fsp3) is 0.622. The minimum Gasteiger partial charge on any atom is -0.373 e. The molecule has 9 nitrogen and oxygen atoms in total. The number of anilines is 4. The second-order valence-corrected chi connectivity index (χ2v) is 14.6. The van der Waals surface area contributed by atoms with E-state index in [9.17, 15) is 13.2 Å². The molecule has 3 saturated heterocycles. The zero-order valence-corrected chi connectivity index (χ0v) is 28.7. The van der Waals surface area contributed by atoms with Gasteiger partial charge in [0.25, 0.3) is 0 Å². The molecular weight excluding hydrogens is 627 g/mol. The first-order chi connectivity index (χ1) is 23.7. The normalized spacial score (nSPS) is 24.0. The van der Waals surface area contributed by atoms with Gasteiger partial charge in [0.2, 0.25) is 5.95 Å². The van der Waals surface area contributed by atoms with Crippen molar-refractivity contribution in [3.63, 3.8) is 0 Å². The second-order valence-electron chi connectivity index (χ2n) is 14.6. The number of rotatable bonds is 10. The van der Waals surface area contributed by atoms with Gasteiger partial charge in [-0.2, -0.15) is 18.2 Å². The van der Waals surface area contributed by atoms with Crippen LogP contribution in [0.15, 0.2) is 36.7 Å². The molecular formula is C37H50F3N9. The molecule has 4 aliphatic heterocycles. The Hall–Kier alpha value is -3.69. The Bertz CT molecular complexity index is 1530. The van der Waals surface area contributed by atoms with E-state index in [1.165, 1.54) is 37.2 Å². The van der Waals surface area contributed by atoms with Crippen LogP contribution in [0.5, 0.6) is 0 Å². The van der Waals surface area contributed by atoms with Gasteiger partial charge in [0.05, 0.1) is 6.04 Å². The van der Waals surface area contributed by atoms with Gasteiger partial charge in [-0.05, 0) is 94.8 Å². The quantitative estimate of drug-likeness (QED) is 0.218. The Morgan fingerprint density at radius 2 is 1.82 bits per heavy atom. The third-order valence-electron chi connectivity index (χ3n) is 11.0. The number of allylic oxidation sites excluding steroid dienone is 1. The van der Waals surface area contributed by atoms with Crippen LogP contribution in [0.4, 0.5) is 36.3 Å². The zero-order chi connectivity index (χ0) is 34.0. The van der Waals surface area contributed by atoms with Crippen LogP contribution in [0.3, 0.4) is 0 Å². The van der Waals surface area contributed by atoms with E-state index < -0.39 is 11.7 Å². The zero-order valence-electron chi connectivity index (χ0n) is 28.7. The number of hydrogen-bond donors (Lipinski definition) is 3. The first-order valence-electron chi connectivity index (χ1n) is 18.1. The topological polar surface area (TPSA) is 74.8 Å². The molecule has 2 atom stereocenters. The molecule has 49 heavy (non-hydrogen) atoms. The molecule has 2 unspecified atom stereocenters. The molecule has 7 rings (SSSR count). The Kier molecular flexibility index (Phi) is 10.1. The van der Waals surface area contributed by atoms with E-state index in [4.69, 9.17) is 0 Å². The Balaban J connectivity index is 0.987. The highest BCUT2D eigenvalue weighted by Gasteiger charge is 2.36. The lowest BCUT2D eigenvalue weighted by Gasteiger charge is -2.43. The first-order valence-corrected chi connectivity index (χ1v) is 18.1. The van der Waals surface area contributed by atoms with Gasteiger partial charge in [0.15, 0.2) is 0 Å². The molecule has 1 aromatic carbocycles. The monoisotopic (exact) mass is 677 g/mol. The predicted molar refractivity (Wildman–Crippen MR) is 189 cm³/mol. The summed E-state index contributed by atoms with van der Waals surface area (Å²) >= 11 is 0. The van der Waals surface area contributed by atoms with E-state index in [0.29, 0.717) is 37.4 Å². The summed E-state index contributed by atoms with van der Waals surface area (Å²) in [6.07, 6.45) is 4.59. The molecule has 5 aliphatic rings. The summed E-state index contributed by atoms with van der Waals surface area (Å²) in [7, 11) is 2.21. The van der Waals surface area contributed by atoms with Crippen molar-refractivity contribution in [3.05, 3.63) is 47.8 Å². The van der Waals surface area contributed by atoms with Gasteiger partial charge >= 0.3 is 6.18 Å². The summed E-state index contributed by atoms with van der Waals surface area (Å²) in [5.74, 6) is 3.99. The van der Waals surface area contributed by atoms with Crippen molar-refractivity contribution in [1.29, 1.82) is 0 Å². The number of alkyl halides is 3. The molecule has 1 saturated carbocycles. The number of fused-ring (bicyclic) bond motifs is 3. The lowest BCUT2D eigenvalue weighted by Crippen LogP contribution is -2.53. The molecule has 0 amide bonds. The minimum atomic E-state index is -4.57. The Morgan fingerprint density at radius 3 is 2.57 bits per heavy atom. The standard InChI is InChI=1S/C37H50F3N9/c1-26-22-27-4-7-29(41-14-10-27)25-49(26)15-3-13-42-35-33(37(38,39)40)24-43-36(45-35)44-34-9-8-31(23-32(34)28-5-6-28)48-20-18-47(19-21-48)30-11-16-46(2)17-12-30/h8-9,23-24,27-30,41H,1,3-7,11-13,15-22,25H2,2H3,(H2,42,43,44,45). The van der Waals surface area contributed by atoms with Crippen molar-refractivity contribution < 1.29 is 13.2 Å². The number of nitrogens with zero attached hydrogens (tertiary/aromatic N) is 6. The largest absolute Gasteiger partial charge is 0.421 e. The van der Waals surface area contributed by atoms with E-state index >= 15 is 0 Å². The Morgan fingerprint density at radius 1 is 1.02 bits per heavy atom. The summed E-state index contributed by atoms with van der Waals surface area (Å²) in [5, 5.41) is 9.57. The van der Waals surface area contributed by atoms with Gasteiger partial charge < -0.3 is 30.7 Å². The lowest BCUT2D eigenvalue weighted by atomic mass is 9.94. The molecule has 12 heteroatoms. The van der Waals surface area contributed by atoms with Crippen LogP contribution in [0.2, 0.25) is 0 Å². The van der Waals surface area contributed by atoms with Crippen LogP contribution in [0.1, 0.15) is 68.4 Å². The number of halogens is 3. The van der Waals surface area contributed by atoms with Crippen LogP contribution in [0.25, 0.3) is 0 Å². The van der Waals surface area contributed by atoms with E-state index in [-0.39, 0.29) is 17.8 Å². The molecule has 2 bridgehead atoms. The number of nitrogens with one attached hydrogen (secondary N) is 3. The van der Waals surface area contributed by atoms with Crippen LogP contribution in [-0.2, 0) is 6.18 Å². The summed E-state index contributed by atoms with van der Waals surface area (Å²) in [5.41, 5.74) is 3.44. The van der Waals surface area contributed by atoms with Gasteiger partial charge in [-0.1, -0.05) is 12.5 Å². The highest BCUT2D eigenvalue weighted by Crippen LogP contribution is 2.45. The number of hydrogen-bond acceptors (Lipinski definition) is 9. The smallest absolute Gasteiger partial charge is 0.373 e. The molecule has 1 aliphatic carbocycles. The van der Waals surface area contributed by atoms with Crippen molar-refractivity contribution in [2.24, 2.45) is 5.92 Å². The fourth-order valence-corrected chi connectivity index (χ4v) is 7.82.